The van der Waals surface area contributed by atoms with Gasteiger partial charge < -0.3 is 19.8 Å². The van der Waals surface area contributed by atoms with Crippen LogP contribution in [0.25, 0.3) is 0 Å². The SMILES string of the molecule is CC[C@H](C)[C@H](N)C(=O)N(CCO[Si](C)(C)C(C)(C)C)Cc1cc([N+](=O)[O-])cc(Cc2ccc(OC)cc2)c1F. The Kier molecular flexibility index (Phi) is 11.2. The van der Waals surface area contributed by atoms with Gasteiger partial charge in [0.15, 0.2) is 8.32 Å². The summed E-state index contributed by atoms with van der Waals surface area (Å²) in [5, 5.41) is 11.7. The Labute approximate surface area is 233 Å². The molecule has 0 fully saturated rings. The first-order chi connectivity index (χ1) is 18.1. The number of halogens is 1. The maximum atomic E-state index is 15.8. The van der Waals surface area contributed by atoms with Crippen molar-refractivity contribution >= 4 is 19.9 Å². The van der Waals surface area contributed by atoms with E-state index in [0.29, 0.717) is 12.2 Å². The summed E-state index contributed by atoms with van der Waals surface area (Å²) in [5.41, 5.74) is 7.09. The molecule has 216 valence electrons. The third-order valence-electron chi connectivity index (χ3n) is 7.82. The number of carbonyl (C=O) groups excluding carboxylic acids is 1. The predicted octanol–water partition coefficient (Wildman–Crippen LogP) is 6.06. The summed E-state index contributed by atoms with van der Waals surface area (Å²) in [4.78, 5) is 26.1. The molecule has 2 aromatic carbocycles. The van der Waals surface area contributed by atoms with Gasteiger partial charge in [-0.3, -0.25) is 14.9 Å². The highest BCUT2D eigenvalue weighted by molar-refractivity contribution is 6.74. The number of nitrogens with zero attached hydrogens (tertiary/aromatic N) is 2. The van der Waals surface area contributed by atoms with Gasteiger partial charge in [0.1, 0.15) is 11.6 Å². The fourth-order valence-corrected chi connectivity index (χ4v) is 4.89. The van der Waals surface area contributed by atoms with E-state index in [1.807, 2.05) is 13.8 Å². The molecule has 0 aliphatic heterocycles. The Hall–Kier alpha value is -2.82. The minimum absolute atomic E-state index is 0.0164. The van der Waals surface area contributed by atoms with E-state index in [-0.39, 0.29) is 59.8 Å². The first-order valence-corrected chi connectivity index (χ1v) is 16.3. The molecule has 0 aliphatic rings. The smallest absolute Gasteiger partial charge is 0.270 e. The Balaban J connectivity index is 2.42. The van der Waals surface area contributed by atoms with Crippen molar-refractivity contribution in [2.75, 3.05) is 20.3 Å². The van der Waals surface area contributed by atoms with Gasteiger partial charge in [0, 0.05) is 37.2 Å². The lowest BCUT2D eigenvalue weighted by molar-refractivity contribution is -0.385. The number of nitro benzene ring substituents is 1. The Bertz CT molecular complexity index is 1130. The average Bonchev–Trinajstić information content (AvgIpc) is 2.88. The summed E-state index contributed by atoms with van der Waals surface area (Å²) >= 11 is 0. The van der Waals surface area contributed by atoms with Gasteiger partial charge in [-0.25, -0.2) is 4.39 Å². The molecule has 0 saturated heterocycles. The van der Waals surface area contributed by atoms with Crippen LogP contribution in [0.3, 0.4) is 0 Å². The summed E-state index contributed by atoms with van der Waals surface area (Å²) < 4.78 is 27.3. The minimum Gasteiger partial charge on any atom is -0.497 e. The average molecular weight is 562 g/mol. The Morgan fingerprint density at radius 3 is 2.28 bits per heavy atom. The summed E-state index contributed by atoms with van der Waals surface area (Å²) in [6.45, 7) is 14.8. The second-order valence-electron chi connectivity index (χ2n) is 11.6. The Morgan fingerprint density at radius 2 is 1.77 bits per heavy atom. The van der Waals surface area contributed by atoms with Crippen molar-refractivity contribution in [2.24, 2.45) is 11.7 Å². The van der Waals surface area contributed by atoms with E-state index in [1.165, 1.54) is 17.0 Å². The van der Waals surface area contributed by atoms with Crippen LogP contribution in [0.2, 0.25) is 18.1 Å². The van der Waals surface area contributed by atoms with E-state index >= 15 is 4.39 Å². The lowest BCUT2D eigenvalue weighted by Crippen LogP contribution is -2.49. The van der Waals surface area contributed by atoms with Gasteiger partial charge in [0.2, 0.25) is 5.91 Å². The summed E-state index contributed by atoms with van der Waals surface area (Å²) in [7, 11) is -0.535. The molecule has 8 nitrogen and oxygen atoms in total. The summed E-state index contributed by atoms with van der Waals surface area (Å²) in [5.74, 6) is -0.324. The number of rotatable bonds is 13. The van der Waals surface area contributed by atoms with Crippen molar-refractivity contribution in [2.45, 2.75) is 78.2 Å². The van der Waals surface area contributed by atoms with Crippen LogP contribution in [0.1, 0.15) is 57.7 Å². The number of ether oxygens (including phenoxy) is 1. The molecular weight excluding hydrogens is 517 g/mol. The van der Waals surface area contributed by atoms with E-state index in [1.54, 1.807) is 31.4 Å². The lowest BCUT2D eigenvalue weighted by atomic mass is 9.98. The van der Waals surface area contributed by atoms with E-state index in [0.717, 1.165) is 5.56 Å². The number of hydrogen-bond donors (Lipinski definition) is 1. The minimum atomic E-state index is -2.09. The molecule has 2 atom stereocenters. The van der Waals surface area contributed by atoms with Crippen molar-refractivity contribution in [1.29, 1.82) is 0 Å². The molecule has 2 rings (SSSR count). The summed E-state index contributed by atoms with van der Waals surface area (Å²) in [6.07, 6.45) is 0.859. The molecule has 2 N–H and O–H groups in total. The normalized spacial score (nSPS) is 13.6. The number of non-ortho nitro benzene ring substituents is 1. The fraction of sp³-hybridized carbons (Fsp3) is 0.552. The molecule has 0 unspecified atom stereocenters. The van der Waals surface area contributed by atoms with Crippen molar-refractivity contribution in [1.82, 2.24) is 4.90 Å². The highest BCUT2D eigenvalue weighted by Crippen LogP contribution is 2.36. The van der Waals surface area contributed by atoms with Gasteiger partial charge in [-0.2, -0.15) is 0 Å². The first-order valence-electron chi connectivity index (χ1n) is 13.4. The van der Waals surface area contributed by atoms with Crippen LogP contribution in [0.4, 0.5) is 10.1 Å². The number of nitrogens with two attached hydrogens (primary N) is 1. The second kappa shape index (κ2) is 13.5. The van der Waals surface area contributed by atoms with Crippen LogP contribution in [-0.2, 0) is 22.2 Å². The van der Waals surface area contributed by atoms with E-state index < -0.39 is 25.1 Å². The van der Waals surface area contributed by atoms with Gasteiger partial charge >= 0.3 is 0 Å². The van der Waals surface area contributed by atoms with Crippen molar-refractivity contribution < 1.29 is 23.3 Å². The predicted molar refractivity (Wildman–Crippen MR) is 155 cm³/mol. The van der Waals surface area contributed by atoms with Gasteiger partial charge in [-0.15, -0.1) is 0 Å². The number of methoxy groups -OCH3 is 1. The standard InChI is InChI=1S/C29H44FN3O5Si/c1-9-20(2)27(31)28(34)32(14-15-38-39(7,8)29(3,4)5)19-23-18-24(33(35)36)17-22(26(23)30)16-21-10-12-25(37-6)13-11-21/h10-13,17-18,20,27H,9,14-16,19,31H2,1-8H3/t20-,27-/m0/s1. The molecule has 10 heteroatoms. The molecule has 2 aromatic rings. The number of nitro groups is 1. The van der Waals surface area contributed by atoms with Gasteiger partial charge in [-0.1, -0.05) is 53.2 Å². The maximum Gasteiger partial charge on any atom is 0.270 e. The molecule has 0 aromatic heterocycles. The van der Waals surface area contributed by atoms with Crippen LogP contribution < -0.4 is 10.5 Å². The van der Waals surface area contributed by atoms with E-state index in [2.05, 4.69) is 33.9 Å². The van der Waals surface area contributed by atoms with Crippen LogP contribution in [0.5, 0.6) is 5.75 Å². The zero-order valence-corrected chi connectivity index (χ0v) is 25.5. The highest BCUT2D eigenvalue weighted by atomic mass is 28.4. The van der Waals surface area contributed by atoms with Gasteiger partial charge in [-0.05, 0) is 47.3 Å². The fourth-order valence-electron chi connectivity index (χ4n) is 3.85. The molecule has 0 radical (unpaired) electrons. The largest absolute Gasteiger partial charge is 0.497 e. The highest BCUT2D eigenvalue weighted by Gasteiger charge is 2.37. The van der Waals surface area contributed by atoms with Gasteiger partial charge in [0.25, 0.3) is 5.69 Å². The third-order valence-corrected chi connectivity index (χ3v) is 12.4. The second-order valence-corrected chi connectivity index (χ2v) is 16.4. The number of hydrogen-bond acceptors (Lipinski definition) is 6. The quantitative estimate of drug-likeness (QED) is 0.181. The van der Waals surface area contributed by atoms with E-state index in [4.69, 9.17) is 14.9 Å². The van der Waals surface area contributed by atoms with E-state index in [9.17, 15) is 14.9 Å². The lowest BCUT2D eigenvalue weighted by Gasteiger charge is -2.37. The van der Waals surface area contributed by atoms with Crippen LogP contribution in [0, 0.1) is 21.8 Å². The number of carbonyl (C=O) groups is 1. The van der Waals surface area contributed by atoms with Crippen molar-refractivity contribution in [3.05, 3.63) is 69.0 Å². The summed E-state index contributed by atoms with van der Waals surface area (Å²) in [6, 6.07) is 8.77. The molecule has 0 bridgehead atoms. The van der Waals surface area contributed by atoms with Gasteiger partial charge in [0.05, 0.1) is 24.7 Å². The zero-order valence-electron chi connectivity index (χ0n) is 24.5. The first kappa shape index (κ1) is 32.4. The van der Waals surface area contributed by atoms with Crippen LogP contribution in [-0.4, -0.2) is 50.4 Å². The van der Waals surface area contributed by atoms with Crippen LogP contribution >= 0.6 is 0 Å². The number of benzene rings is 2. The molecule has 0 saturated carbocycles. The zero-order chi connectivity index (χ0) is 29.5. The molecule has 0 heterocycles. The molecule has 0 spiro atoms. The molecule has 1 amide bonds. The van der Waals surface area contributed by atoms with Crippen molar-refractivity contribution in [3.8, 4) is 5.75 Å². The number of amides is 1. The van der Waals surface area contributed by atoms with Crippen molar-refractivity contribution in [3.63, 3.8) is 0 Å². The molecule has 0 aliphatic carbocycles. The monoisotopic (exact) mass is 561 g/mol. The Morgan fingerprint density at radius 1 is 1.18 bits per heavy atom. The topological polar surface area (TPSA) is 108 Å². The third kappa shape index (κ3) is 8.58. The molecule has 39 heavy (non-hydrogen) atoms. The molecular formula is C29H44FN3O5Si. The van der Waals surface area contributed by atoms with Crippen LogP contribution in [0.15, 0.2) is 36.4 Å². The maximum absolute atomic E-state index is 15.8.